The second kappa shape index (κ2) is 6.48. The predicted octanol–water partition coefficient (Wildman–Crippen LogP) is 2.83. The van der Waals surface area contributed by atoms with Gasteiger partial charge in [0.15, 0.2) is 0 Å². The fourth-order valence-corrected chi connectivity index (χ4v) is 1.74. The van der Waals surface area contributed by atoms with E-state index in [9.17, 15) is 0 Å². The SMILES string of the molecule is CC(C)CN(CCC(N)=S)c1ccccc1. The maximum atomic E-state index is 5.55. The Kier molecular flexibility index (Phi) is 5.26. The summed E-state index contributed by atoms with van der Waals surface area (Å²) < 4.78 is 0. The first-order chi connectivity index (χ1) is 7.59. The topological polar surface area (TPSA) is 29.3 Å². The molecule has 0 amide bonds. The van der Waals surface area contributed by atoms with Crippen LogP contribution in [0.3, 0.4) is 0 Å². The van der Waals surface area contributed by atoms with Crippen molar-refractivity contribution in [3.8, 4) is 0 Å². The lowest BCUT2D eigenvalue weighted by atomic mass is 10.2. The molecule has 0 aromatic heterocycles. The molecule has 0 saturated heterocycles. The van der Waals surface area contributed by atoms with Crippen molar-refractivity contribution in [3.63, 3.8) is 0 Å². The average molecular weight is 236 g/mol. The smallest absolute Gasteiger partial charge is 0.0745 e. The van der Waals surface area contributed by atoms with Crippen molar-refractivity contribution >= 4 is 22.9 Å². The van der Waals surface area contributed by atoms with Crippen molar-refractivity contribution < 1.29 is 0 Å². The zero-order valence-corrected chi connectivity index (χ0v) is 10.8. The van der Waals surface area contributed by atoms with Crippen LogP contribution in [0.1, 0.15) is 20.3 Å². The molecule has 0 saturated carbocycles. The summed E-state index contributed by atoms with van der Waals surface area (Å²) in [4.78, 5) is 2.92. The summed E-state index contributed by atoms with van der Waals surface area (Å²) in [6.45, 7) is 6.37. The van der Waals surface area contributed by atoms with E-state index in [0.717, 1.165) is 19.5 Å². The van der Waals surface area contributed by atoms with Crippen molar-refractivity contribution in [2.24, 2.45) is 11.7 Å². The zero-order chi connectivity index (χ0) is 12.0. The molecule has 0 unspecified atom stereocenters. The second-order valence-corrected chi connectivity index (χ2v) is 4.92. The van der Waals surface area contributed by atoms with Gasteiger partial charge in [0.25, 0.3) is 0 Å². The molecule has 0 atom stereocenters. The number of hydrogen-bond acceptors (Lipinski definition) is 2. The lowest BCUT2D eigenvalue weighted by Gasteiger charge is -2.26. The molecule has 1 rings (SSSR count). The number of nitrogens with two attached hydrogens (primary N) is 1. The molecule has 0 aliphatic carbocycles. The van der Waals surface area contributed by atoms with E-state index < -0.39 is 0 Å². The Bertz CT molecular complexity index is 322. The van der Waals surface area contributed by atoms with Crippen molar-refractivity contribution in [1.29, 1.82) is 0 Å². The van der Waals surface area contributed by atoms with Crippen LogP contribution in [0.4, 0.5) is 5.69 Å². The summed E-state index contributed by atoms with van der Waals surface area (Å²) in [5.74, 6) is 0.631. The zero-order valence-electron chi connectivity index (χ0n) is 10.0. The van der Waals surface area contributed by atoms with E-state index in [2.05, 4.69) is 43.0 Å². The number of hydrogen-bond donors (Lipinski definition) is 1. The number of thiocarbonyl (C=S) groups is 1. The number of nitrogens with zero attached hydrogens (tertiary/aromatic N) is 1. The van der Waals surface area contributed by atoms with Gasteiger partial charge in [-0.1, -0.05) is 44.3 Å². The maximum absolute atomic E-state index is 5.55. The van der Waals surface area contributed by atoms with Crippen LogP contribution in [0.5, 0.6) is 0 Å². The minimum Gasteiger partial charge on any atom is -0.393 e. The molecule has 0 aliphatic rings. The van der Waals surface area contributed by atoms with Gasteiger partial charge in [-0.15, -0.1) is 0 Å². The molecular formula is C13H20N2S. The molecule has 88 valence electrons. The molecule has 0 bridgehead atoms. The first-order valence-corrected chi connectivity index (χ1v) is 6.08. The van der Waals surface area contributed by atoms with E-state index in [0.29, 0.717) is 10.9 Å². The van der Waals surface area contributed by atoms with Crippen molar-refractivity contribution in [2.45, 2.75) is 20.3 Å². The highest BCUT2D eigenvalue weighted by Gasteiger charge is 2.08. The number of benzene rings is 1. The van der Waals surface area contributed by atoms with Crippen LogP contribution < -0.4 is 10.6 Å². The fourth-order valence-electron chi connectivity index (χ4n) is 1.65. The molecule has 3 heteroatoms. The first kappa shape index (κ1) is 13.0. The highest BCUT2D eigenvalue weighted by molar-refractivity contribution is 7.80. The van der Waals surface area contributed by atoms with E-state index in [4.69, 9.17) is 18.0 Å². The Balaban J connectivity index is 2.67. The molecule has 0 spiro atoms. The molecule has 0 heterocycles. The lowest BCUT2D eigenvalue weighted by Crippen LogP contribution is -2.30. The molecule has 1 aromatic carbocycles. The Labute approximate surface area is 103 Å². The summed E-state index contributed by atoms with van der Waals surface area (Å²) in [5, 5.41) is 0. The van der Waals surface area contributed by atoms with Gasteiger partial charge in [-0.3, -0.25) is 0 Å². The maximum Gasteiger partial charge on any atom is 0.0745 e. The standard InChI is InChI=1S/C13H20N2S/c1-11(2)10-15(9-8-13(14)16)12-6-4-3-5-7-12/h3-7,11H,8-10H2,1-2H3,(H2,14,16). The van der Waals surface area contributed by atoms with Gasteiger partial charge in [-0.2, -0.15) is 0 Å². The predicted molar refractivity (Wildman–Crippen MR) is 74.9 cm³/mol. The molecule has 2 nitrogen and oxygen atoms in total. The van der Waals surface area contributed by atoms with Crippen molar-refractivity contribution in [3.05, 3.63) is 30.3 Å². The third-order valence-corrected chi connectivity index (χ3v) is 2.54. The first-order valence-electron chi connectivity index (χ1n) is 5.68. The summed E-state index contributed by atoms with van der Waals surface area (Å²) in [7, 11) is 0. The van der Waals surface area contributed by atoms with Crippen molar-refractivity contribution in [1.82, 2.24) is 0 Å². The van der Waals surface area contributed by atoms with Crippen LogP contribution in [0.25, 0.3) is 0 Å². The number of para-hydroxylation sites is 1. The Morgan fingerprint density at radius 3 is 2.44 bits per heavy atom. The van der Waals surface area contributed by atoms with E-state index in [1.54, 1.807) is 0 Å². The summed E-state index contributed by atoms with van der Waals surface area (Å²) in [6.07, 6.45) is 0.775. The lowest BCUT2D eigenvalue weighted by molar-refractivity contribution is 0.614. The summed E-state index contributed by atoms with van der Waals surface area (Å²) in [6, 6.07) is 10.4. The van der Waals surface area contributed by atoms with Gasteiger partial charge in [0, 0.05) is 25.2 Å². The highest BCUT2D eigenvalue weighted by Crippen LogP contribution is 2.15. The molecule has 16 heavy (non-hydrogen) atoms. The largest absolute Gasteiger partial charge is 0.393 e. The van der Waals surface area contributed by atoms with Gasteiger partial charge < -0.3 is 10.6 Å². The van der Waals surface area contributed by atoms with E-state index in [1.165, 1.54) is 5.69 Å². The minimum atomic E-state index is 0.588. The van der Waals surface area contributed by atoms with Crippen LogP contribution >= 0.6 is 12.2 Å². The summed E-state index contributed by atoms with van der Waals surface area (Å²) >= 11 is 4.93. The molecule has 0 radical (unpaired) electrons. The van der Waals surface area contributed by atoms with Crippen LogP contribution in [-0.4, -0.2) is 18.1 Å². The second-order valence-electron chi connectivity index (χ2n) is 4.39. The van der Waals surface area contributed by atoms with E-state index in [1.807, 2.05) is 6.07 Å². The number of anilines is 1. The van der Waals surface area contributed by atoms with Crippen LogP contribution in [-0.2, 0) is 0 Å². The molecular weight excluding hydrogens is 216 g/mol. The average Bonchev–Trinajstić information content (AvgIpc) is 2.25. The minimum absolute atomic E-state index is 0.588. The third kappa shape index (κ3) is 4.62. The Hall–Kier alpha value is -1.09. The molecule has 1 aromatic rings. The van der Waals surface area contributed by atoms with Crippen LogP contribution in [0, 0.1) is 5.92 Å². The van der Waals surface area contributed by atoms with Gasteiger partial charge in [0.1, 0.15) is 0 Å². The molecule has 0 aliphatic heterocycles. The molecule has 2 N–H and O–H groups in total. The monoisotopic (exact) mass is 236 g/mol. The highest BCUT2D eigenvalue weighted by atomic mass is 32.1. The van der Waals surface area contributed by atoms with Crippen molar-refractivity contribution in [2.75, 3.05) is 18.0 Å². The number of rotatable bonds is 6. The molecule has 0 fully saturated rings. The third-order valence-electron chi connectivity index (χ3n) is 2.33. The van der Waals surface area contributed by atoms with Gasteiger partial charge >= 0.3 is 0 Å². The van der Waals surface area contributed by atoms with E-state index in [-0.39, 0.29) is 0 Å². The van der Waals surface area contributed by atoms with Gasteiger partial charge in [0.05, 0.1) is 4.99 Å². The Morgan fingerprint density at radius 2 is 1.94 bits per heavy atom. The quantitative estimate of drug-likeness (QED) is 0.770. The summed E-state index contributed by atoms with van der Waals surface area (Å²) in [5.41, 5.74) is 6.80. The van der Waals surface area contributed by atoms with E-state index >= 15 is 0 Å². The Morgan fingerprint density at radius 1 is 1.31 bits per heavy atom. The van der Waals surface area contributed by atoms with Crippen LogP contribution in [0.2, 0.25) is 0 Å². The van der Waals surface area contributed by atoms with Gasteiger partial charge in [-0.25, -0.2) is 0 Å². The normalized spacial score (nSPS) is 10.4. The fraction of sp³-hybridized carbons (Fsp3) is 0.462. The van der Waals surface area contributed by atoms with Gasteiger partial charge in [0.2, 0.25) is 0 Å². The van der Waals surface area contributed by atoms with Gasteiger partial charge in [-0.05, 0) is 18.1 Å². The van der Waals surface area contributed by atoms with Crippen LogP contribution in [0.15, 0.2) is 30.3 Å².